The number of Topliss-reactive ketones (excluding diaryl/α,β-unsaturated/α-hetero) is 1. The van der Waals surface area contributed by atoms with Crippen molar-refractivity contribution in [3.8, 4) is 0 Å². The zero-order chi connectivity index (χ0) is 12.3. The largest absolute Gasteiger partial charge is 0.293 e. The summed E-state index contributed by atoms with van der Waals surface area (Å²) in [5.74, 6) is 0.960. The Hall–Kier alpha value is -1.15. The summed E-state index contributed by atoms with van der Waals surface area (Å²) < 4.78 is 0. The van der Waals surface area contributed by atoms with Gasteiger partial charge >= 0.3 is 0 Å². The van der Waals surface area contributed by atoms with E-state index in [0.29, 0.717) is 12.6 Å². The van der Waals surface area contributed by atoms with Gasteiger partial charge in [-0.1, -0.05) is 37.3 Å². The predicted molar refractivity (Wildman–Crippen MR) is 70.2 cm³/mol. The number of carbonyl (C=O) groups is 1. The molecule has 17 heavy (non-hydrogen) atoms. The van der Waals surface area contributed by atoms with Crippen LogP contribution in [0.2, 0.25) is 0 Å². The number of likely N-dealkylation sites (tertiary alicyclic amines) is 1. The summed E-state index contributed by atoms with van der Waals surface area (Å²) in [6.07, 6.45) is 2.50. The van der Waals surface area contributed by atoms with Crippen LogP contribution in [0.1, 0.15) is 37.0 Å². The number of rotatable bonds is 3. The van der Waals surface area contributed by atoms with E-state index in [1.54, 1.807) is 0 Å². The van der Waals surface area contributed by atoms with Gasteiger partial charge in [-0.15, -0.1) is 0 Å². The minimum atomic E-state index is 0.242. The van der Waals surface area contributed by atoms with Crippen molar-refractivity contribution in [2.24, 2.45) is 5.92 Å². The first kappa shape index (κ1) is 12.3. The molecule has 2 heteroatoms. The molecule has 1 aromatic carbocycles. The summed E-state index contributed by atoms with van der Waals surface area (Å²) >= 11 is 0. The van der Waals surface area contributed by atoms with Crippen LogP contribution >= 0.6 is 0 Å². The quantitative estimate of drug-likeness (QED) is 0.745. The van der Waals surface area contributed by atoms with E-state index in [1.807, 2.05) is 30.3 Å². The van der Waals surface area contributed by atoms with E-state index < -0.39 is 0 Å². The van der Waals surface area contributed by atoms with Crippen molar-refractivity contribution in [3.63, 3.8) is 0 Å². The molecule has 1 aliphatic rings. The summed E-state index contributed by atoms with van der Waals surface area (Å²) in [6, 6.07) is 10.1. The maximum absolute atomic E-state index is 12.1. The van der Waals surface area contributed by atoms with Crippen molar-refractivity contribution in [3.05, 3.63) is 35.9 Å². The van der Waals surface area contributed by atoms with Gasteiger partial charge in [0.2, 0.25) is 0 Å². The number of piperidine rings is 1. The van der Waals surface area contributed by atoms with Crippen LogP contribution in [0, 0.1) is 5.92 Å². The van der Waals surface area contributed by atoms with Crippen LogP contribution in [-0.2, 0) is 0 Å². The smallest absolute Gasteiger partial charge is 0.176 e. The van der Waals surface area contributed by atoms with E-state index in [2.05, 4.69) is 18.7 Å². The molecule has 1 aromatic rings. The fourth-order valence-corrected chi connectivity index (χ4v) is 2.50. The van der Waals surface area contributed by atoms with Gasteiger partial charge in [-0.2, -0.15) is 0 Å². The molecular weight excluding hydrogens is 210 g/mol. The normalized spacial score (nSPS) is 25.8. The predicted octanol–water partition coefficient (Wildman–Crippen LogP) is 2.99. The lowest BCUT2D eigenvalue weighted by atomic mass is 9.94. The Morgan fingerprint density at radius 1 is 1.24 bits per heavy atom. The van der Waals surface area contributed by atoms with Gasteiger partial charge in [-0.25, -0.2) is 0 Å². The van der Waals surface area contributed by atoms with Gasteiger partial charge in [-0.3, -0.25) is 9.69 Å². The number of nitrogens with zero attached hydrogens (tertiary/aromatic N) is 1. The van der Waals surface area contributed by atoms with Gasteiger partial charge in [0.15, 0.2) is 5.78 Å². The van der Waals surface area contributed by atoms with Crippen LogP contribution in [0.5, 0.6) is 0 Å². The van der Waals surface area contributed by atoms with E-state index in [0.717, 1.165) is 18.0 Å². The summed E-state index contributed by atoms with van der Waals surface area (Å²) in [4.78, 5) is 14.4. The van der Waals surface area contributed by atoms with Gasteiger partial charge < -0.3 is 0 Å². The third-order valence-electron chi connectivity index (χ3n) is 3.69. The summed E-state index contributed by atoms with van der Waals surface area (Å²) in [5, 5.41) is 0. The highest BCUT2D eigenvalue weighted by molar-refractivity contribution is 5.97. The first-order valence-electron chi connectivity index (χ1n) is 6.49. The zero-order valence-electron chi connectivity index (χ0n) is 10.7. The Morgan fingerprint density at radius 2 is 1.94 bits per heavy atom. The van der Waals surface area contributed by atoms with Crippen molar-refractivity contribution in [2.75, 3.05) is 13.1 Å². The third-order valence-corrected chi connectivity index (χ3v) is 3.69. The van der Waals surface area contributed by atoms with Crippen LogP contribution < -0.4 is 0 Å². The molecule has 1 fully saturated rings. The van der Waals surface area contributed by atoms with E-state index in [-0.39, 0.29) is 5.78 Å². The van der Waals surface area contributed by atoms with E-state index in [1.165, 1.54) is 12.8 Å². The number of carbonyl (C=O) groups excluding carboxylic acids is 1. The molecule has 1 aliphatic heterocycles. The molecule has 92 valence electrons. The first-order valence-corrected chi connectivity index (χ1v) is 6.49. The molecule has 2 rings (SSSR count). The SMILES string of the molecule is CC1CCC(C)N(CC(=O)c2ccccc2)C1. The Kier molecular flexibility index (Phi) is 3.95. The first-order chi connectivity index (χ1) is 8.16. The number of ketones is 1. The summed E-state index contributed by atoms with van der Waals surface area (Å²) in [7, 11) is 0. The van der Waals surface area contributed by atoms with Gasteiger partial charge in [0.1, 0.15) is 0 Å². The second-order valence-corrected chi connectivity index (χ2v) is 5.25. The van der Waals surface area contributed by atoms with Crippen LogP contribution in [-0.4, -0.2) is 29.8 Å². The average Bonchev–Trinajstić information content (AvgIpc) is 2.35. The standard InChI is InChI=1S/C15H21NO/c1-12-8-9-13(2)16(10-12)11-15(17)14-6-4-3-5-7-14/h3-7,12-13H,8-11H2,1-2H3. The molecule has 0 aliphatic carbocycles. The summed E-state index contributed by atoms with van der Waals surface area (Å²) in [6.45, 7) is 6.12. The van der Waals surface area contributed by atoms with E-state index in [4.69, 9.17) is 0 Å². The van der Waals surface area contributed by atoms with Crippen LogP contribution in [0.3, 0.4) is 0 Å². The van der Waals surface area contributed by atoms with Crippen molar-refractivity contribution >= 4 is 5.78 Å². The molecule has 2 atom stereocenters. The van der Waals surface area contributed by atoms with Gasteiger partial charge in [0.25, 0.3) is 0 Å². The van der Waals surface area contributed by atoms with Crippen molar-refractivity contribution < 1.29 is 4.79 Å². The lowest BCUT2D eigenvalue weighted by Gasteiger charge is -2.36. The van der Waals surface area contributed by atoms with Crippen LogP contribution in [0.15, 0.2) is 30.3 Å². The summed E-state index contributed by atoms with van der Waals surface area (Å²) in [5.41, 5.74) is 0.831. The molecule has 0 N–H and O–H groups in total. The molecule has 0 radical (unpaired) electrons. The maximum Gasteiger partial charge on any atom is 0.176 e. The minimum Gasteiger partial charge on any atom is -0.293 e. The Bertz CT molecular complexity index is 374. The third kappa shape index (κ3) is 3.16. The molecule has 0 bridgehead atoms. The Labute approximate surface area is 104 Å². The lowest BCUT2D eigenvalue weighted by Crippen LogP contribution is -2.43. The van der Waals surface area contributed by atoms with E-state index in [9.17, 15) is 4.79 Å². The highest BCUT2D eigenvalue weighted by atomic mass is 16.1. The highest BCUT2D eigenvalue weighted by Gasteiger charge is 2.24. The zero-order valence-corrected chi connectivity index (χ0v) is 10.7. The second kappa shape index (κ2) is 5.46. The number of hydrogen-bond donors (Lipinski definition) is 0. The topological polar surface area (TPSA) is 20.3 Å². The molecule has 0 amide bonds. The van der Waals surface area contributed by atoms with Crippen LogP contribution in [0.25, 0.3) is 0 Å². The van der Waals surface area contributed by atoms with Crippen LogP contribution in [0.4, 0.5) is 0 Å². The molecule has 1 heterocycles. The highest BCUT2D eigenvalue weighted by Crippen LogP contribution is 2.21. The molecule has 2 nitrogen and oxygen atoms in total. The Morgan fingerprint density at radius 3 is 2.65 bits per heavy atom. The Balaban J connectivity index is 1.98. The van der Waals surface area contributed by atoms with Crippen molar-refractivity contribution in [1.82, 2.24) is 4.90 Å². The molecule has 0 spiro atoms. The second-order valence-electron chi connectivity index (χ2n) is 5.25. The van der Waals surface area contributed by atoms with Gasteiger partial charge in [0, 0.05) is 18.2 Å². The fourth-order valence-electron chi connectivity index (χ4n) is 2.50. The van der Waals surface area contributed by atoms with E-state index >= 15 is 0 Å². The number of benzene rings is 1. The van der Waals surface area contributed by atoms with Gasteiger partial charge in [-0.05, 0) is 25.7 Å². The van der Waals surface area contributed by atoms with Crippen molar-refractivity contribution in [2.45, 2.75) is 32.7 Å². The average molecular weight is 231 g/mol. The monoisotopic (exact) mass is 231 g/mol. The van der Waals surface area contributed by atoms with Gasteiger partial charge in [0.05, 0.1) is 6.54 Å². The molecule has 2 unspecified atom stereocenters. The number of hydrogen-bond acceptors (Lipinski definition) is 2. The molecule has 0 saturated carbocycles. The maximum atomic E-state index is 12.1. The lowest BCUT2D eigenvalue weighted by molar-refractivity contribution is 0.0805. The molecule has 1 saturated heterocycles. The minimum absolute atomic E-state index is 0.242. The van der Waals surface area contributed by atoms with Crippen molar-refractivity contribution in [1.29, 1.82) is 0 Å². The molecular formula is C15H21NO. The fraction of sp³-hybridized carbons (Fsp3) is 0.533. The molecule has 0 aromatic heterocycles.